The van der Waals surface area contributed by atoms with Crippen molar-refractivity contribution in [3.8, 4) is 0 Å². The summed E-state index contributed by atoms with van der Waals surface area (Å²) in [5.41, 5.74) is 6.84. The molecule has 0 spiro atoms. The van der Waals surface area contributed by atoms with Gasteiger partial charge in [-0.3, -0.25) is 0 Å². The molecule has 0 saturated carbocycles. The molecule has 0 aliphatic heterocycles. The zero-order valence-electron chi connectivity index (χ0n) is 8.93. The Bertz CT molecular complexity index is 425. The quantitative estimate of drug-likeness (QED) is 0.575. The lowest BCUT2D eigenvalue weighted by Crippen LogP contribution is -2.10. The lowest BCUT2D eigenvalue weighted by Gasteiger charge is -2.20. The van der Waals surface area contributed by atoms with Gasteiger partial charge in [-0.25, -0.2) is 0 Å². The average molecular weight is 184 g/mol. The molecule has 0 nitrogen and oxygen atoms in total. The molecule has 0 fully saturated rings. The van der Waals surface area contributed by atoms with Crippen LogP contribution in [-0.4, -0.2) is 0 Å². The van der Waals surface area contributed by atoms with Crippen molar-refractivity contribution in [3.05, 3.63) is 41.0 Å². The van der Waals surface area contributed by atoms with Crippen molar-refractivity contribution in [2.75, 3.05) is 0 Å². The summed E-state index contributed by atoms with van der Waals surface area (Å²) in [7, 11) is 0. The molecule has 0 N–H and O–H groups in total. The predicted octanol–water partition coefficient (Wildman–Crippen LogP) is 3.82. The van der Waals surface area contributed by atoms with Gasteiger partial charge in [0.05, 0.1) is 0 Å². The normalized spacial score (nSPS) is 29.3. The molecule has 1 atom stereocenters. The van der Waals surface area contributed by atoms with Crippen LogP contribution in [-0.2, 0) is 6.42 Å². The molecule has 1 aromatic rings. The summed E-state index contributed by atoms with van der Waals surface area (Å²) in [6, 6.07) is 8.92. The monoisotopic (exact) mass is 184 g/mol. The predicted molar refractivity (Wildman–Crippen MR) is 60.1 cm³/mol. The van der Waals surface area contributed by atoms with Gasteiger partial charge in [0.25, 0.3) is 0 Å². The molecule has 72 valence electrons. The third kappa shape index (κ3) is 0.890. The Morgan fingerprint density at radius 3 is 2.86 bits per heavy atom. The SMILES string of the molecule is CC1=C2c3ccccc3CC2(C)CC1. The van der Waals surface area contributed by atoms with Crippen LogP contribution in [0.1, 0.15) is 37.8 Å². The fourth-order valence-electron chi connectivity index (χ4n) is 3.30. The van der Waals surface area contributed by atoms with Crippen LogP contribution in [0, 0.1) is 5.41 Å². The molecule has 0 saturated heterocycles. The third-order valence-corrected chi connectivity index (χ3v) is 3.95. The van der Waals surface area contributed by atoms with Crippen molar-refractivity contribution < 1.29 is 0 Å². The highest BCUT2D eigenvalue weighted by Crippen LogP contribution is 2.55. The molecular weight excluding hydrogens is 168 g/mol. The number of allylic oxidation sites excluding steroid dienone is 2. The molecule has 0 radical (unpaired) electrons. The summed E-state index contributed by atoms with van der Waals surface area (Å²) >= 11 is 0. The Balaban J connectivity index is 2.27. The van der Waals surface area contributed by atoms with Gasteiger partial charge in [-0.15, -0.1) is 0 Å². The van der Waals surface area contributed by atoms with Crippen LogP contribution in [0.2, 0.25) is 0 Å². The lowest BCUT2D eigenvalue weighted by atomic mass is 9.84. The van der Waals surface area contributed by atoms with E-state index >= 15 is 0 Å². The molecule has 3 rings (SSSR count). The Morgan fingerprint density at radius 2 is 2.00 bits per heavy atom. The molecule has 1 aromatic carbocycles. The first-order valence-corrected chi connectivity index (χ1v) is 5.49. The van der Waals surface area contributed by atoms with Crippen molar-refractivity contribution in [2.24, 2.45) is 5.41 Å². The molecule has 14 heavy (non-hydrogen) atoms. The van der Waals surface area contributed by atoms with Crippen LogP contribution in [0.25, 0.3) is 5.57 Å². The minimum atomic E-state index is 0.466. The van der Waals surface area contributed by atoms with Crippen LogP contribution >= 0.6 is 0 Å². The van der Waals surface area contributed by atoms with E-state index in [9.17, 15) is 0 Å². The van der Waals surface area contributed by atoms with Gasteiger partial charge in [0, 0.05) is 0 Å². The Labute approximate surface area is 85.6 Å². The number of hydrogen-bond acceptors (Lipinski definition) is 0. The minimum absolute atomic E-state index is 0.466. The smallest absolute Gasteiger partial charge is 0.00262 e. The van der Waals surface area contributed by atoms with E-state index in [1.54, 1.807) is 16.7 Å². The van der Waals surface area contributed by atoms with Crippen molar-refractivity contribution in [1.82, 2.24) is 0 Å². The summed E-state index contributed by atoms with van der Waals surface area (Å²) < 4.78 is 0. The van der Waals surface area contributed by atoms with E-state index in [0.717, 1.165) is 0 Å². The number of fused-ring (bicyclic) bond motifs is 3. The summed E-state index contributed by atoms with van der Waals surface area (Å²) in [5.74, 6) is 0. The van der Waals surface area contributed by atoms with Gasteiger partial charge in [0.1, 0.15) is 0 Å². The van der Waals surface area contributed by atoms with Crippen molar-refractivity contribution in [2.45, 2.75) is 33.1 Å². The van der Waals surface area contributed by atoms with Crippen LogP contribution < -0.4 is 0 Å². The Morgan fingerprint density at radius 1 is 1.21 bits per heavy atom. The van der Waals surface area contributed by atoms with E-state index in [0.29, 0.717) is 5.41 Å². The second kappa shape index (κ2) is 2.50. The van der Waals surface area contributed by atoms with Crippen LogP contribution in [0.3, 0.4) is 0 Å². The summed E-state index contributed by atoms with van der Waals surface area (Å²) in [6.45, 7) is 4.74. The van der Waals surface area contributed by atoms with Gasteiger partial charge in [-0.1, -0.05) is 36.8 Å². The molecule has 0 amide bonds. The maximum atomic E-state index is 2.43. The average Bonchev–Trinajstić information content (AvgIpc) is 2.60. The number of benzene rings is 1. The first-order valence-electron chi connectivity index (χ1n) is 5.49. The van der Waals surface area contributed by atoms with Gasteiger partial charge in [0.15, 0.2) is 0 Å². The minimum Gasteiger partial charge on any atom is -0.0689 e. The van der Waals surface area contributed by atoms with E-state index in [2.05, 4.69) is 38.1 Å². The standard InChI is InChI=1S/C14H16/c1-10-7-8-14(2)9-11-5-3-4-6-12(11)13(10)14/h3-6H,7-9H2,1-2H3. The maximum Gasteiger partial charge on any atom is -0.00262 e. The second-order valence-electron chi connectivity index (χ2n) is 5.05. The molecule has 0 aromatic heterocycles. The number of hydrogen-bond donors (Lipinski definition) is 0. The molecule has 1 unspecified atom stereocenters. The highest BCUT2D eigenvalue weighted by Gasteiger charge is 2.41. The molecular formula is C14H16. The fraction of sp³-hybridized carbons (Fsp3) is 0.429. The molecule has 0 bridgehead atoms. The van der Waals surface area contributed by atoms with Gasteiger partial charge < -0.3 is 0 Å². The lowest BCUT2D eigenvalue weighted by molar-refractivity contribution is 0.448. The molecule has 0 heteroatoms. The summed E-state index contributed by atoms with van der Waals surface area (Å²) in [5, 5.41) is 0. The van der Waals surface area contributed by atoms with Gasteiger partial charge in [-0.2, -0.15) is 0 Å². The van der Waals surface area contributed by atoms with E-state index in [4.69, 9.17) is 0 Å². The molecule has 0 heterocycles. The second-order valence-corrected chi connectivity index (χ2v) is 5.05. The molecule has 2 aliphatic rings. The van der Waals surface area contributed by atoms with Gasteiger partial charge in [-0.05, 0) is 48.3 Å². The van der Waals surface area contributed by atoms with E-state index in [1.807, 2.05) is 0 Å². The summed E-state index contributed by atoms with van der Waals surface area (Å²) in [6.07, 6.45) is 3.92. The van der Waals surface area contributed by atoms with Gasteiger partial charge in [0.2, 0.25) is 0 Å². The Kier molecular flexibility index (Phi) is 1.48. The van der Waals surface area contributed by atoms with E-state index in [1.165, 1.54) is 24.8 Å². The van der Waals surface area contributed by atoms with E-state index in [-0.39, 0.29) is 0 Å². The maximum absolute atomic E-state index is 2.43. The van der Waals surface area contributed by atoms with Crippen LogP contribution in [0.4, 0.5) is 0 Å². The highest BCUT2D eigenvalue weighted by molar-refractivity contribution is 5.80. The van der Waals surface area contributed by atoms with Crippen molar-refractivity contribution in [3.63, 3.8) is 0 Å². The highest BCUT2D eigenvalue weighted by atomic mass is 14.5. The largest absolute Gasteiger partial charge is 0.0689 e. The van der Waals surface area contributed by atoms with Crippen LogP contribution in [0.5, 0.6) is 0 Å². The summed E-state index contributed by atoms with van der Waals surface area (Å²) in [4.78, 5) is 0. The zero-order valence-corrected chi connectivity index (χ0v) is 8.93. The Hall–Kier alpha value is -1.04. The zero-order chi connectivity index (χ0) is 9.76. The first-order chi connectivity index (χ1) is 6.71. The van der Waals surface area contributed by atoms with Crippen LogP contribution in [0.15, 0.2) is 29.8 Å². The van der Waals surface area contributed by atoms with Crippen molar-refractivity contribution in [1.29, 1.82) is 0 Å². The van der Waals surface area contributed by atoms with E-state index < -0.39 is 0 Å². The number of rotatable bonds is 0. The van der Waals surface area contributed by atoms with Gasteiger partial charge >= 0.3 is 0 Å². The fourth-order valence-corrected chi connectivity index (χ4v) is 3.30. The molecule has 2 aliphatic carbocycles. The third-order valence-electron chi connectivity index (χ3n) is 3.95. The van der Waals surface area contributed by atoms with Crippen molar-refractivity contribution >= 4 is 5.57 Å². The first kappa shape index (κ1) is 8.28. The topological polar surface area (TPSA) is 0 Å².